The van der Waals surface area contributed by atoms with Gasteiger partial charge in [0.05, 0.1) is 11.4 Å². The molecule has 10 heteroatoms. The van der Waals surface area contributed by atoms with Crippen LogP contribution in [0.3, 0.4) is 0 Å². The molecule has 1 aromatic carbocycles. The van der Waals surface area contributed by atoms with Gasteiger partial charge >= 0.3 is 5.51 Å². The average molecular weight is 393 g/mol. The Bertz CT molecular complexity index is 733. The second kappa shape index (κ2) is 8.15. The number of hydrogen-bond acceptors (Lipinski definition) is 4. The van der Waals surface area contributed by atoms with Crippen molar-refractivity contribution in [3.8, 4) is 5.75 Å². The molecule has 6 nitrogen and oxygen atoms in total. The smallest absolute Gasteiger partial charge is 0.492 e. The van der Waals surface area contributed by atoms with Crippen molar-refractivity contribution in [2.24, 2.45) is 16.6 Å². The van der Waals surface area contributed by atoms with Crippen molar-refractivity contribution in [1.29, 1.82) is 0 Å². The van der Waals surface area contributed by atoms with Crippen LogP contribution in [0.5, 0.6) is 5.75 Å². The number of nitrogens with zero attached hydrogens (tertiary/aromatic N) is 2. The number of rotatable bonds is 5. The van der Waals surface area contributed by atoms with Crippen molar-refractivity contribution in [3.05, 3.63) is 24.3 Å². The lowest BCUT2D eigenvalue weighted by Gasteiger charge is -2.31. The fourth-order valence-corrected chi connectivity index (χ4v) is 3.43. The molecule has 2 rings (SSSR count). The van der Waals surface area contributed by atoms with E-state index in [4.69, 9.17) is 10.5 Å². The van der Waals surface area contributed by atoms with Gasteiger partial charge in [0.2, 0.25) is 0 Å². The van der Waals surface area contributed by atoms with Gasteiger partial charge in [-0.25, -0.2) is 13.4 Å². The van der Waals surface area contributed by atoms with Crippen LogP contribution in [0.25, 0.3) is 0 Å². The van der Waals surface area contributed by atoms with Crippen molar-refractivity contribution >= 4 is 15.8 Å². The summed E-state index contributed by atoms with van der Waals surface area (Å²) in [6, 6.07) is 4.09. The third-order valence-corrected chi connectivity index (χ3v) is 5.56. The normalized spacial score (nSPS) is 19.5. The molecule has 0 aliphatic carbocycles. The Morgan fingerprint density at radius 2 is 2.00 bits per heavy atom. The van der Waals surface area contributed by atoms with Gasteiger partial charge in [-0.15, -0.1) is 0 Å². The molecular weight excluding hydrogens is 371 g/mol. The number of ether oxygens (including phenoxy) is 1. The number of halogens is 3. The Morgan fingerprint density at radius 1 is 1.35 bits per heavy atom. The predicted octanol–water partition coefficient (Wildman–Crippen LogP) is 2.41. The molecule has 1 unspecified atom stereocenters. The molecule has 1 aliphatic heterocycles. The summed E-state index contributed by atoms with van der Waals surface area (Å²) in [6.07, 6.45) is 2.24. The highest BCUT2D eigenvalue weighted by atomic mass is 32.2. The van der Waals surface area contributed by atoms with Crippen LogP contribution in [0.15, 0.2) is 34.2 Å². The van der Waals surface area contributed by atoms with Crippen LogP contribution in [0.2, 0.25) is 0 Å². The van der Waals surface area contributed by atoms with Gasteiger partial charge in [-0.3, -0.25) is 0 Å². The molecule has 1 aromatic rings. The van der Waals surface area contributed by atoms with E-state index in [0.717, 1.165) is 31.6 Å². The Hall–Kier alpha value is -1.97. The van der Waals surface area contributed by atoms with Gasteiger partial charge in [-0.2, -0.15) is 13.2 Å². The number of alkyl halides is 3. The summed E-state index contributed by atoms with van der Waals surface area (Å²) in [5.41, 5.74) is 0.620. The first-order chi connectivity index (χ1) is 12.1. The lowest BCUT2D eigenvalue weighted by molar-refractivity contribution is -0.0436. The Kier molecular flexibility index (Phi) is 6.38. The summed E-state index contributed by atoms with van der Waals surface area (Å²) in [4.78, 5) is 5.44. The first kappa shape index (κ1) is 20.3. The maximum atomic E-state index is 12.5. The van der Waals surface area contributed by atoms with Crippen molar-refractivity contribution in [1.82, 2.24) is 4.90 Å². The maximum Gasteiger partial charge on any atom is 0.501 e. The third kappa shape index (κ3) is 5.03. The highest BCUT2D eigenvalue weighted by Gasteiger charge is 2.46. The van der Waals surface area contributed by atoms with Gasteiger partial charge in [0.15, 0.2) is 5.96 Å². The van der Waals surface area contributed by atoms with Crippen LogP contribution >= 0.6 is 0 Å². The molecule has 1 aliphatic rings. The molecule has 1 fully saturated rings. The van der Waals surface area contributed by atoms with Crippen molar-refractivity contribution in [2.75, 3.05) is 26.2 Å². The summed E-state index contributed by atoms with van der Waals surface area (Å²) in [7, 11) is -5.35. The van der Waals surface area contributed by atoms with Crippen LogP contribution in [0.1, 0.15) is 19.8 Å². The van der Waals surface area contributed by atoms with Crippen LogP contribution in [-0.2, 0) is 9.84 Å². The molecule has 0 bridgehead atoms. The Morgan fingerprint density at radius 3 is 2.58 bits per heavy atom. The van der Waals surface area contributed by atoms with E-state index >= 15 is 0 Å². The second-order valence-electron chi connectivity index (χ2n) is 6.20. The van der Waals surface area contributed by atoms with E-state index < -0.39 is 20.2 Å². The zero-order valence-corrected chi connectivity index (χ0v) is 15.2. The second-order valence-corrected chi connectivity index (χ2v) is 8.14. The molecule has 0 aromatic heterocycles. The van der Waals surface area contributed by atoms with Gasteiger partial charge in [-0.1, -0.05) is 6.92 Å². The third-order valence-electron chi connectivity index (χ3n) is 4.05. The van der Waals surface area contributed by atoms with E-state index in [2.05, 4.69) is 11.9 Å². The number of benzene rings is 1. The largest absolute Gasteiger partial charge is 0.501 e. The fourth-order valence-electron chi connectivity index (χ4n) is 2.67. The first-order valence-corrected chi connectivity index (χ1v) is 9.68. The monoisotopic (exact) mass is 393 g/mol. The van der Waals surface area contributed by atoms with Crippen LogP contribution in [0, 0.1) is 5.92 Å². The molecule has 1 saturated heterocycles. The molecule has 1 atom stereocenters. The van der Waals surface area contributed by atoms with Gasteiger partial charge in [0, 0.05) is 13.1 Å². The van der Waals surface area contributed by atoms with E-state index in [1.807, 2.05) is 4.90 Å². The lowest BCUT2D eigenvalue weighted by atomic mass is 10.0. The van der Waals surface area contributed by atoms with Crippen molar-refractivity contribution in [2.45, 2.75) is 30.2 Å². The van der Waals surface area contributed by atoms with E-state index in [1.54, 1.807) is 0 Å². The Balaban J connectivity index is 1.86. The topological polar surface area (TPSA) is 85.0 Å². The standard InChI is InChI=1S/C16H22F3N3O3S/c1-12-3-2-9-22(11-12)15(20)21-8-10-25-13-4-6-14(7-5-13)26(23,24)16(17,18)19/h4-7,12H,2-3,8-11H2,1H3,(H2,20,21). The van der Waals surface area contributed by atoms with Gasteiger partial charge in [0.1, 0.15) is 12.4 Å². The quantitative estimate of drug-likeness (QED) is 0.472. The average Bonchev–Trinajstić information content (AvgIpc) is 2.58. The number of nitrogens with two attached hydrogens (primary N) is 1. The molecule has 146 valence electrons. The minimum atomic E-state index is -5.35. The summed E-state index contributed by atoms with van der Waals surface area (Å²) < 4.78 is 65.3. The van der Waals surface area contributed by atoms with Crippen LogP contribution < -0.4 is 10.5 Å². The number of guanidine groups is 1. The molecule has 0 spiro atoms. The fraction of sp³-hybridized carbons (Fsp3) is 0.562. The number of piperidine rings is 1. The first-order valence-electron chi connectivity index (χ1n) is 8.20. The van der Waals surface area contributed by atoms with E-state index in [0.29, 0.717) is 18.4 Å². The maximum absolute atomic E-state index is 12.5. The summed E-state index contributed by atoms with van der Waals surface area (Å²) >= 11 is 0. The SMILES string of the molecule is CC1CCCN(C(N)=NCCOc2ccc(S(=O)(=O)C(F)(F)F)cc2)C1. The molecule has 2 N–H and O–H groups in total. The number of likely N-dealkylation sites (tertiary alicyclic amines) is 1. The van der Waals surface area contributed by atoms with E-state index in [-0.39, 0.29) is 12.4 Å². The number of aliphatic imine (C=N–C) groups is 1. The van der Waals surface area contributed by atoms with E-state index in [1.165, 1.54) is 18.6 Å². The minimum Gasteiger partial charge on any atom is -0.492 e. The molecular formula is C16H22F3N3O3S. The minimum absolute atomic E-state index is 0.176. The Labute approximate surface area is 150 Å². The van der Waals surface area contributed by atoms with Crippen molar-refractivity contribution < 1.29 is 26.3 Å². The molecule has 0 amide bonds. The lowest BCUT2D eigenvalue weighted by Crippen LogP contribution is -2.43. The molecule has 1 heterocycles. The molecule has 0 radical (unpaired) electrons. The van der Waals surface area contributed by atoms with E-state index in [9.17, 15) is 21.6 Å². The highest BCUT2D eigenvalue weighted by Crippen LogP contribution is 2.30. The zero-order valence-electron chi connectivity index (χ0n) is 14.4. The number of sulfone groups is 1. The number of hydrogen-bond donors (Lipinski definition) is 1. The molecule has 26 heavy (non-hydrogen) atoms. The zero-order chi connectivity index (χ0) is 19.4. The summed E-state index contributed by atoms with van der Waals surface area (Å²) in [6.45, 7) is 4.36. The van der Waals surface area contributed by atoms with Gasteiger partial charge < -0.3 is 15.4 Å². The van der Waals surface area contributed by atoms with Gasteiger partial charge in [-0.05, 0) is 43.0 Å². The highest BCUT2D eigenvalue weighted by molar-refractivity contribution is 7.92. The van der Waals surface area contributed by atoms with Crippen molar-refractivity contribution in [3.63, 3.8) is 0 Å². The van der Waals surface area contributed by atoms with Crippen LogP contribution in [0.4, 0.5) is 13.2 Å². The predicted molar refractivity (Wildman–Crippen MR) is 91.6 cm³/mol. The molecule has 0 saturated carbocycles. The summed E-state index contributed by atoms with van der Waals surface area (Å²) in [5, 5.41) is 0. The van der Waals surface area contributed by atoms with Crippen LogP contribution in [-0.4, -0.2) is 51.0 Å². The van der Waals surface area contributed by atoms with Gasteiger partial charge in [0.25, 0.3) is 9.84 Å². The summed E-state index contributed by atoms with van der Waals surface area (Å²) in [5.74, 6) is 1.28.